The van der Waals surface area contributed by atoms with Crippen LogP contribution in [-0.4, -0.2) is 12.1 Å². The largest absolute Gasteiger partial charge is 0.484 e. The summed E-state index contributed by atoms with van der Waals surface area (Å²) in [6, 6.07) is 17.0. The molecule has 4 rings (SSSR count). The van der Waals surface area contributed by atoms with Crippen molar-refractivity contribution >= 4 is 11.8 Å². The Kier molecular flexibility index (Phi) is 2.34. The molecular weight excluding hydrogens is 234 g/mol. The predicted octanol–water partition coefficient (Wildman–Crippen LogP) is 3.50. The molecule has 0 fully saturated rings. The molecule has 2 atom stereocenters. The van der Waals surface area contributed by atoms with Crippen LogP contribution in [0, 0.1) is 0 Å². The Morgan fingerprint density at radius 1 is 1.00 bits per heavy atom. The van der Waals surface area contributed by atoms with Crippen LogP contribution in [0.1, 0.15) is 11.1 Å². The Bertz CT molecular complexity index is 622. The first-order chi connectivity index (χ1) is 9.40. The number of benzene rings is 2. The summed E-state index contributed by atoms with van der Waals surface area (Å²) in [7, 11) is 0. The molecule has 0 amide bonds. The smallest absolute Gasteiger partial charge is 0.138 e. The van der Waals surface area contributed by atoms with Gasteiger partial charge in [0.1, 0.15) is 11.9 Å². The van der Waals surface area contributed by atoms with Crippen molar-refractivity contribution in [1.29, 1.82) is 0 Å². The molecule has 2 unspecified atom stereocenters. The fourth-order valence-electron chi connectivity index (χ4n) is 2.85. The number of anilines is 1. The summed E-state index contributed by atoms with van der Waals surface area (Å²) in [5.41, 5.74) is 3.78. The lowest BCUT2D eigenvalue weighted by Crippen LogP contribution is -2.36. The average molecular weight is 249 g/mol. The molecular formula is C17H15NO. The molecule has 2 heterocycles. The molecule has 19 heavy (non-hydrogen) atoms. The molecule has 2 aliphatic rings. The molecule has 2 heteroatoms. The number of rotatable bonds is 1. The summed E-state index contributed by atoms with van der Waals surface area (Å²) < 4.78 is 6.10. The third-order valence-corrected chi connectivity index (χ3v) is 3.84. The topological polar surface area (TPSA) is 21.3 Å². The quantitative estimate of drug-likeness (QED) is 0.835. The maximum atomic E-state index is 6.10. The van der Waals surface area contributed by atoms with Crippen molar-refractivity contribution in [3.8, 4) is 5.75 Å². The Labute approximate surface area is 112 Å². The molecule has 0 saturated carbocycles. The number of para-hydroxylation sites is 2. The number of ether oxygens (including phenoxy) is 1. The van der Waals surface area contributed by atoms with Gasteiger partial charge in [0.2, 0.25) is 0 Å². The van der Waals surface area contributed by atoms with E-state index in [4.69, 9.17) is 4.74 Å². The Morgan fingerprint density at radius 3 is 2.79 bits per heavy atom. The first kappa shape index (κ1) is 10.7. The number of hydrogen-bond acceptors (Lipinski definition) is 2. The summed E-state index contributed by atoms with van der Waals surface area (Å²) >= 11 is 0. The molecule has 2 nitrogen and oxygen atoms in total. The van der Waals surface area contributed by atoms with Gasteiger partial charge in [0, 0.05) is 11.3 Å². The van der Waals surface area contributed by atoms with Crippen LogP contribution < -0.4 is 10.1 Å². The summed E-state index contributed by atoms with van der Waals surface area (Å²) in [6.07, 6.45) is 5.44. The fraction of sp³-hybridized carbons (Fsp3) is 0.176. The van der Waals surface area contributed by atoms with E-state index in [2.05, 4.69) is 47.8 Å². The van der Waals surface area contributed by atoms with E-state index < -0.39 is 0 Å². The molecule has 0 aromatic heterocycles. The second-order valence-corrected chi connectivity index (χ2v) is 5.09. The Morgan fingerprint density at radius 2 is 1.84 bits per heavy atom. The van der Waals surface area contributed by atoms with Gasteiger partial charge >= 0.3 is 0 Å². The van der Waals surface area contributed by atoms with Gasteiger partial charge < -0.3 is 10.1 Å². The van der Waals surface area contributed by atoms with E-state index in [0.717, 1.165) is 17.7 Å². The van der Waals surface area contributed by atoms with Crippen LogP contribution in [0.2, 0.25) is 0 Å². The summed E-state index contributed by atoms with van der Waals surface area (Å²) in [6.45, 7) is 0. The second-order valence-electron chi connectivity index (χ2n) is 5.09. The van der Waals surface area contributed by atoms with Crippen molar-refractivity contribution < 1.29 is 4.74 Å². The van der Waals surface area contributed by atoms with Gasteiger partial charge in [-0.05, 0) is 30.2 Å². The minimum atomic E-state index is 0.0994. The summed E-state index contributed by atoms with van der Waals surface area (Å²) in [5, 5.41) is 3.56. The van der Waals surface area contributed by atoms with Crippen molar-refractivity contribution in [3.05, 3.63) is 65.7 Å². The maximum absolute atomic E-state index is 6.10. The average Bonchev–Trinajstić information content (AvgIpc) is 2.90. The highest BCUT2D eigenvalue weighted by molar-refractivity contribution is 5.62. The van der Waals surface area contributed by atoms with E-state index in [1.54, 1.807) is 0 Å². The minimum absolute atomic E-state index is 0.0994. The van der Waals surface area contributed by atoms with Crippen LogP contribution in [0.5, 0.6) is 5.75 Å². The number of fused-ring (bicyclic) bond motifs is 2. The van der Waals surface area contributed by atoms with Gasteiger partial charge in [0.05, 0.1) is 6.04 Å². The zero-order valence-corrected chi connectivity index (χ0v) is 10.5. The Hall–Kier alpha value is -2.22. The molecule has 1 N–H and O–H groups in total. The minimum Gasteiger partial charge on any atom is -0.484 e. The van der Waals surface area contributed by atoms with E-state index in [9.17, 15) is 0 Å². The van der Waals surface area contributed by atoms with Crippen LogP contribution in [0.25, 0.3) is 6.08 Å². The monoisotopic (exact) mass is 249 g/mol. The molecule has 2 aromatic rings. The van der Waals surface area contributed by atoms with E-state index in [1.807, 2.05) is 18.2 Å². The van der Waals surface area contributed by atoms with Crippen molar-refractivity contribution in [2.24, 2.45) is 0 Å². The van der Waals surface area contributed by atoms with Crippen LogP contribution in [0.3, 0.4) is 0 Å². The fourth-order valence-corrected chi connectivity index (χ4v) is 2.85. The van der Waals surface area contributed by atoms with Gasteiger partial charge in [-0.25, -0.2) is 0 Å². The van der Waals surface area contributed by atoms with Crippen LogP contribution in [0.15, 0.2) is 54.6 Å². The van der Waals surface area contributed by atoms with Gasteiger partial charge in [-0.2, -0.15) is 0 Å². The molecule has 2 aromatic carbocycles. The highest BCUT2D eigenvalue weighted by Gasteiger charge is 2.29. The normalized spacial score (nSPS) is 23.2. The number of nitrogens with one attached hydrogen (secondary N) is 1. The molecule has 0 bridgehead atoms. The SMILES string of the molecule is C1=CC(C2Cc3ccccc3N2)Oc2ccccc21. The molecule has 2 aliphatic heterocycles. The maximum Gasteiger partial charge on any atom is 0.138 e. The lowest BCUT2D eigenvalue weighted by Gasteiger charge is -2.26. The van der Waals surface area contributed by atoms with Crippen molar-refractivity contribution in [2.75, 3.05) is 5.32 Å². The molecule has 94 valence electrons. The highest BCUT2D eigenvalue weighted by atomic mass is 16.5. The molecule has 0 radical (unpaired) electrons. The molecule has 0 aliphatic carbocycles. The lowest BCUT2D eigenvalue weighted by atomic mass is 10.0. The Balaban J connectivity index is 1.58. The summed E-state index contributed by atoms with van der Waals surface area (Å²) in [4.78, 5) is 0. The van der Waals surface area contributed by atoms with Crippen LogP contribution >= 0.6 is 0 Å². The first-order valence-corrected chi connectivity index (χ1v) is 6.68. The standard InChI is InChI=1S/C17H15NO/c1-3-7-14-13(6-1)11-15(18-14)17-10-9-12-5-2-4-8-16(12)19-17/h1-10,15,17-18H,11H2. The lowest BCUT2D eigenvalue weighted by molar-refractivity contribution is 0.224. The second kappa shape index (κ2) is 4.16. The van der Waals surface area contributed by atoms with Crippen molar-refractivity contribution in [1.82, 2.24) is 0 Å². The zero-order chi connectivity index (χ0) is 12.7. The van der Waals surface area contributed by atoms with Gasteiger partial charge in [-0.1, -0.05) is 42.5 Å². The first-order valence-electron chi connectivity index (χ1n) is 6.68. The van der Waals surface area contributed by atoms with Gasteiger partial charge in [-0.15, -0.1) is 0 Å². The summed E-state index contributed by atoms with van der Waals surface area (Å²) in [5.74, 6) is 0.979. The van der Waals surface area contributed by atoms with E-state index in [-0.39, 0.29) is 6.10 Å². The van der Waals surface area contributed by atoms with Crippen LogP contribution in [-0.2, 0) is 6.42 Å². The third kappa shape index (κ3) is 1.80. The highest BCUT2D eigenvalue weighted by Crippen LogP contribution is 2.32. The van der Waals surface area contributed by atoms with Crippen molar-refractivity contribution in [2.45, 2.75) is 18.6 Å². The zero-order valence-electron chi connectivity index (χ0n) is 10.5. The third-order valence-electron chi connectivity index (χ3n) is 3.84. The van der Waals surface area contributed by atoms with Crippen LogP contribution in [0.4, 0.5) is 5.69 Å². The van der Waals surface area contributed by atoms with Gasteiger partial charge in [0.25, 0.3) is 0 Å². The van der Waals surface area contributed by atoms with E-state index >= 15 is 0 Å². The van der Waals surface area contributed by atoms with E-state index in [0.29, 0.717) is 6.04 Å². The van der Waals surface area contributed by atoms with Gasteiger partial charge in [-0.3, -0.25) is 0 Å². The number of hydrogen-bond donors (Lipinski definition) is 1. The molecule has 0 saturated heterocycles. The van der Waals surface area contributed by atoms with E-state index in [1.165, 1.54) is 11.3 Å². The molecule has 0 spiro atoms. The van der Waals surface area contributed by atoms with Gasteiger partial charge in [0.15, 0.2) is 0 Å². The predicted molar refractivity (Wildman–Crippen MR) is 77.4 cm³/mol. The van der Waals surface area contributed by atoms with Crippen molar-refractivity contribution in [3.63, 3.8) is 0 Å².